The maximum absolute atomic E-state index is 12.1. The van der Waals surface area contributed by atoms with Crippen molar-refractivity contribution in [3.05, 3.63) is 82.4 Å². The van der Waals surface area contributed by atoms with Gasteiger partial charge >= 0.3 is 5.97 Å². The maximum atomic E-state index is 12.1. The van der Waals surface area contributed by atoms with Crippen molar-refractivity contribution in [1.29, 1.82) is 0 Å². The van der Waals surface area contributed by atoms with E-state index in [9.17, 15) is 4.79 Å². The van der Waals surface area contributed by atoms with E-state index in [1.165, 1.54) is 17.2 Å². The van der Waals surface area contributed by atoms with Crippen LogP contribution < -0.4 is 4.74 Å². The third-order valence-corrected chi connectivity index (χ3v) is 4.27. The molecule has 3 nitrogen and oxygen atoms in total. The fourth-order valence-corrected chi connectivity index (χ4v) is 2.83. The van der Waals surface area contributed by atoms with Gasteiger partial charge in [-0.25, -0.2) is 4.79 Å². The molecule has 154 valence electrons. The Labute approximate surface area is 175 Å². The zero-order valence-corrected chi connectivity index (χ0v) is 18.4. The Morgan fingerprint density at radius 3 is 2.34 bits per heavy atom. The second-order valence-electron chi connectivity index (χ2n) is 8.41. The molecule has 0 amide bonds. The van der Waals surface area contributed by atoms with Gasteiger partial charge in [0.15, 0.2) is 0 Å². The van der Waals surface area contributed by atoms with Crippen LogP contribution in [0.4, 0.5) is 0 Å². The average Bonchev–Trinajstić information content (AvgIpc) is 2.64. The summed E-state index contributed by atoms with van der Waals surface area (Å²) in [7, 11) is 0. The summed E-state index contributed by atoms with van der Waals surface area (Å²) in [5.41, 5.74) is 5.01. The van der Waals surface area contributed by atoms with E-state index in [0.29, 0.717) is 6.61 Å². The van der Waals surface area contributed by atoms with Crippen LogP contribution in [0.2, 0.25) is 0 Å². The van der Waals surface area contributed by atoms with E-state index in [4.69, 9.17) is 9.47 Å². The Morgan fingerprint density at radius 1 is 1.03 bits per heavy atom. The van der Waals surface area contributed by atoms with Crippen LogP contribution >= 0.6 is 0 Å². The number of carbonyl (C=O) groups excluding carboxylic acids is 1. The van der Waals surface area contributed by atoms with E-state index in [0.717, 1.165) is 28.9 Å². The van der Waals surface area contributed by atoms with Gasteiger partial charge < -0.3 is 9.47 Å². The second-order valence-corrected chi connectivity index (χ2v) is 8.41. The third-order valence-electron chi connectivity index (χ3n) is 4.27. The standard InChI is InChI=1S/C26H32O3/c1-19(2)12-16-23-20(3)13-14-22(15-17-24(27)29-26(4,5)6)25(23)28-18-21-10-8-7-9-11-21/h7-15,17H,16,18H2,1-6H3/b17-15-. The summed E-state index contributed by atoms with van der Waals surface area (Å²) < 4.78 is 11.7. The Morgan fingerprint density at radius 2 is 1.72 bits per heavy atom. The van der Waals surface area contributed by atoms with Gasteiger partial charge in [-0.3, -0.25) is 0 Å². The van der Waals surface area contributed by atoms with Gasteiger partial charge in [-0.15, -0.1) is 0 Å². The number of benzene rings is 2. The highest BCUT2D eigenvalue weighted by atomic mass is 16.6. The minimum atomic E-state index is -0.518. The van der Waals surface area contributed by atoms with Crippen molar-refractivity contribution in [3.63, 3.8) is 0 Å². The molecule has 0 atom stereocenters. The molecule has 0 saturated heterocycles. The zero-order valence-electron chi connectivity index (χ0n) is 18.4. The molecule has 0 spiro atoms. The number of carbonyl (C=O) groups is 1. The minimum absolute atomic E-state index is 0.363. The van der Waals surface area contributed by atoms with E-state index < -0.39 is 5.60 Å². The van der Waals surface area contributed by atoms with E-state index >= 15 is 0 Å². The number of hydrogen-bond donors (Lipinski definition) is 0. The van der Waals surface area contributed by atoms with Crippen molar-refractivity contribution >= 4 is 12.0 Å². The molecule has 2 aromatic rings. The fraction of sp³-hybridized carbons (Fsp3) is 0.346. The van der Waals surface area contributed by atoms with Crippen molar-refractivity contribution in [2.45, 2.75) is 60.2 Å². The summed E-state index contributed by atoms with van der Waals surface area (Å²) in [5.74, 6) is 0.448. The summed E-state index contributed by atoms with van der Waals surface area (Å²) in [6.45, 7) is 12.3. The van der Waals surface area contributed by atoms with E-state index in [-0.39, 0.29) is 5.97 Å². The van der Waals surface area contributed by atoms with Crippen LogP contribution in [0.15, 0.2) is 60.2 Å². The first-order chi connectivity index (χ1) is 13.7. The van der Waals surface area contributed by atoms with Crippen LogP contribution in [0.5, 0.6) is 5.75 Å². The van der Waals surface area contributed by atoms with E-state index in [2.05, 4.69) is 32.9 Å². The summed E-state index contributed by atoms with van der Waals surface area (Å²) in [4.78, 5) is 12.1. The molecule has 0 saturated carbocycles. The van der Waals surface area contributed by atoms with E-state index in [1.807, 2.05) is 57.2 Å². The van der Waals surface area contributed by atoms with Crippen LogP contribution in [0, 0.1) is 6.92 Å². The summed E-state index contributed by atoms with van der Waals surface area (Å²) >= 11 is 0. The third kappa shape index (κ3) is 7.61. The molecule has 29 heavy (non-hydrogen) atoms. The Kier molecular flexibility index (Phi) is 7.83. The lowest BCUT2D eigenvalue weighted by atomic mass is 9.99. The van der Waals surface area contributed by atoms with Gasteiger partial charge in [-0.05, 0) is 65.2 Å². The van der Waals surface area contributed by atoms with Gasteiger partial charge in [0.1, 0.15) is 18.0 Å². The van der Waals surface area contributed by atoms with Crippen LogP contribution in [-0.2, 0) is 22.6 Å². The lowest BCUT2D eigenvalue weighted by Gasteiger charge is -2.18. The van der Waals surface area contributed by atoms with Crippen LogP contribution in [0.25, 0.3) is 6.08 Å². The zero-order chi connectivity index (χ0) is 21.4. The van der Waals surface area contributed by atoms with Crippen LogP contribution in [0.1, 0.15) is 56.9 Å². The summed E-state index contributed by atoms with van der Waals surface area (Å²) in [6, 6.07) is 14.1. The number of esters is 1. The van der Waals surface area contributed by atoms with Gasteiger partial charge in [0.05, 0.1) is 0 Å². The molecule has 2 aromatic carbocycles. The van der Waals surface area contributed by atoms with Gasteiger partial charge in [-0.2, -0.15) is 0 Å². The molecular weight excluding hydrogens is 360 g/mol. The quantitative estimate of drug-likeness (QED) is 0.309. The normalized spacial score (nSPS) is 11.4. The molecule has 0 radical (unpaired) electrons. The number of allylic oxidation sites excluding steroid dienone is 2. The molecule has 0 aromatic heterocycles. The van der Waals surface area contributed by atoms with Crippen molar-refractivity contribution < 1.29 is 14.3 Å². The van der Waals surface area contributed by atoms with Crippen molar-refractivity contribution in [2.24, 2.45) is 0 Å². The lowest BCUT2D eigenvalue weighted by Crippen LogP contribution is -2.22. The predicted octanol–water partition coefficient (Wildman–Crippen LogP) is 6.44. The molecule has 0 unspecified atom stereocenters. The van der Waals surface area contributed by atoms with Crippen molar-refractivity contribution in [2.75, 3.05) is 0 Å². The Bertz CT molecular complexity index is 880. The molecule has 0 N–H and O–H groups in total. The molecule has 0 aliphatic heterocycles. The highest BCUT2D eigenvalue weighted by Crippen LogP contribution is 2.30. The fourth-order valence-electron chi connectivity index (χ4n) is 2.83. The molecule has 2 rings (SSSR count). The van der Waals surface area contributed by atoms with Gasteiger partial charge in [-0.1, -0.05) is 54.1 Å². The first-order valence-corrected chi connectivity index (χ1v) is 9.99. The predicted molar refractivity (Wildman–Crippen MR) is 120 cm³/mol. The van der Waals surface area contributed by atoms with Gasteiger partial charge in [0.25, 0.3) is 0 Å². The molecule has 0 aliphatic rings. The summed E-state index contributed by atoms with van der Waals surface area (Å²) in [6.07, 6.45) is 6.22. The first-order valence-electron chi connectivity index (χ1n) is 9.99. The van der Waals surface area contributed by atoms with E-state index in [1.54, 1.807) is 6.08 Å². The summed E-state index contributed by atoms with van der Waals surface area (Å²) in [5, 5.41) is 0. The SMILES string of the molecule is CC(C)=CCc1c(C)ccc(/C=C\C(=O)OC(C)(C)C)c1OCc1ccccc1. The minimum Gasteiger partial charge on any atom is -0.488 e. The first kappa shape index (κ1) is 22.5. The average molecular weight is 393 g/mol. The monoisotopic (exact) mass is 392 g/mol. The topological polar surface area (TPSA) is 35.5 Å². The molecule has 0 bridgehead atoms. The van der Waals surface area contributed by atoms with Crippen LogP contribution in [-0.4, -0.2) is 11.6 Å². The molecule has 3 heteroatoms. The number of ether oxygens (including phenoxy) is 2. The molecule has 0 aliphatic carbocycles. The highest BCUT2D eigenvalue weighted by Gasteiger charge is 2.15. The largest absolute Gasteiger partial charge is 0.488 e. The lowest BCUT2D eigenvalue weighted by molar-refractivity contribution is -0.148. The number of aryl methyl sites for hydroxylation is 1. The smallest absolute Gasteiger partial charge is 0.331 e. The van der Waals surface area contributed by atoms with Gasteiger partial charge in [0, 0.05) is 17.2 Å². The van der Waals surface area contributed by atoms with Crippen molar-refractivity contribution in [1.82, 2.24) is 0 Å². The van der Waals surface area contributed by atoms with Gasteiger partial charge in [0.2, 0.25) is 0 Å². The number of hydrogen-bond acceptors (Lipinski definition) is 3. The number of rotatable bonds is 7. The maximum Gasteiger partial charge on any atom is 0.331 e. The van der Waals surface area contributed by atoms with Crippen LogP contribution in [0.3, 0.4) is 0 Å². The Balaban J connectivity index is 2.36. The molecular formula is C26H32O3. The molecule has 0 heterocycles. The Hall–Kier alpha value is -2.81. The molecule has 0 fully saturated rings. The second kappa shape index (κ2) is 10.1. The van der Waals surface area contributed by atoms with Crippen molar-refractivity contribution in [3.8, 4) is 5.75 Å². The highest BCUT2D eigenvalue weighted by molar-refractivity contribution is 5.88.